The summed E-state index contributed by atoms with van der Waals surface area (Å²) in [6.07, 6.45) is 5.21. The molecule has 4 nitrogen and oxygen atoms in total. The van der Waals surface area contributed by atoms with Gasteiger partial charge < -0.3 is 10.2 Å². The molecule has 1 amide bonds. The Morgan fingerprint density at radius 3 is 2.62 bits per heavy atom. The van der Waals surface area contributed by atoms with Gasteiger partial charge in [-0.15, -0.1) is 0 Å². The molecule has 1 aliphatic heterocycles. The molecular formula is C12H23N3O. The standard InChI is InChI=1S/C12H23N3O/c1-14(2)12(16)11-9-13-7-8-15(11)10-5-3-4-6-10/h10-11,13H,3-9H2,1-2H3. The van der Waals surface area contributed by atoms with E-state index in [9.17, 15) is 4.79 Å². The van der Waals surface area contributed by atoms with E-state index in [1.165, 1.54) is 25.7 Å². The molecule has 0 bridgehead atoms. The van der Waals surface area contributed by atoms with Crippen LogP contribution in [0.4, 0.5) is 0 Å². The SMILES string of the molecule is CN(C)C(=O)C1CNCCN1C1CCCC1. The van der Waals surface area contributed by atoms with Crippen molar-refractivity contribution >= 4 is 5.91 Å². The molecule has 0 spiro atoms. The van der Waals surface area contributed by atoms with Gasteiger partial charge in [-0.25, -0.2) is 0 Å². The number of nitrogens with one attached hydrogen (secondary N) is 1. The van der Waals surface area contributed by atoms with Gasteiger partial charge in [-0.1, -0.05) is 12.8 Å². The van der Waals surface area contributed by atoms with E-state index in [0.717, 1.165) is 19.6 Å². The molecule has 1 saturated carbocycles. The molecule has 2 fully saturated rings. The van der Waals surface area contributed by atoms with Crippen LogP contribution < -0.4 is 5.32 Å². The monoisotopic (exact) mass is 225 g/mol. The summed E-state index contributed by atoms with van der Waals surface area (Å²) in [5.41, 5.74) is 0. The third-order valence-electron chi connectivity index (χ3n) is 3.80. The summed E-state index contributed by atoms with van der Waals surface area (Å²) in [5.74, 6) is 0.249. The lowest BCUT2D eigenvalue weighted by atomic mass is 10.1. The highest BCUT2D eigenvalue weighted by molar-refractivity contribution is 5.81. The van der Waals surface area contributed by atoms with Crippen LogP contribution in [0.3, 0.4) is 0 Å². The van der Waals surface area contributed by atoms with Crippen LogP contribution in [0.2, 0.25) is 0 Å². The van der Waals surface area contributed by atoms with Gasteiger partial charge in [-0.3, -0.25) is 9.69 Å². The third-order valence-corrected chi connectivity index (χ3v) is 3.80. The van der Waals surface area contributed by atoms with Gasteiger partial charge in [-0.2, -0.15) is 0 Å². The second-order valence-corrected chi connectivity index (χ2v) is 5.13. The number of carbonyl (C=O) groups is 1. The van der Waals surface area contributed by atoms with E-state index >= 15 is 0 Å². The first-order chi connectivity index (χ1) is 7.70. The van der Waals surface area contributed by atoms with E-state index < -0.39 is 0 Å². The molecule has 0 radical (unpaired) electrons. The maximum Gasteiger partial charge on any atom is 0.240 e. The van der Waals surface area contributed by atoms with E-state index in [0.29, 0.717) is 6.04 Å². The Kier molecular flexibility index (Phi) is 3.82. The van der Waals surface area contributed by atoms with Crippen molar-refractivity contribution in [2.75, 3.05) is 33.7 Å². The topological polar surface area (TPSA) is 35.6 Å². The summed E-state index contributed by atoms with van der Waals surface area (Å²) in [4.78, 5) is 16.3. The molecule has 1 saturated heterocycles. The molecule has 2 rings (SSSR count). The molecule has 16 heavy (non-hydrogen) atoms. The second-order valence-electron chi connectivity index (χ2n) is 5.13. The van der Waals surface area contributed by atoms with Crippen LogP contribution in [0.1, 0.15) is 25.7 Å². The lowest BCUT2D eigenvalue weighted by Gasteiger charge is -2.40. The quantitative estimate of drug-likeness (QED) is 0.734. The fourth-order valence-corrected chi connectivity index (χ4v) is 2.92. The predicted octanol–water partition coefficient (Wildman–Crippen LogP) is 0.291. The number of carbonyl (C=O) groups excluding carboxylic acids is 1. The van der Waals surface area contributed by atoms with Crippen molar-refractivity contribution in [2.45, 2.75) is 37.8 Å². The van der Waals surface area contributed by atoms with Crippen molar-refractivity contribution < 1.29 is 4.79 Å². The van der Waals surface area contributed by atoms with Crippen molar-refractivity contribution in [3.8, 4) is 0 Å². The van der Waals surface area contributed by atoms with Crippen LogP contribution in [0.5, 0.6) is 0 Å². The molecule has 1 heterocycles. The van der Waals surface area contributed by atoms with Crippen LogP contribution in [-0.4, -0.2) is 61.5 Å². The highest BCUT2D eigenvalue weighted by Gasteiger charge is 2.35. The van der Waals surface area contributed by atoms with E-state index in [1.807, 2.05) is 14.1 Å². The Bertz CT molecular complexity index is 249. The van der Waals surface area contributed by atoms with Gasteiger partial charge in [0, 0.05) is 39.8 Å². The highest BCUT2D eigenvalue weighted by Crippen LogP contribution is 2.26. The number of amides is 1. The molecule has 1 N–H and O–H groups in total. The minimum absolute atomic E-state index is 0.0619. The summed E-state index contributed by atoms with van der Waals surface area (Å²) < 4.78 is 0. The van der Waals surface area contributed by atoms with Crippen LogP contribution >= 0.6 is 0 Å². The van der Waals surface area contributed by atoms with Crippen molar-refractivity contribution in [1.29, 1.82) is 0 Å². The van der Waals surface area contributed by atoms with Gasteiger partial charge in [0.15, 0.2) is 0 Å². The maximum atomic E-state index is 12.1. The molecule has 0 aromatic carbocycles. The third kappa shape index (κ3) is 2.38. The van der Waals surface area contributed by atoms with Crippen LogP contribution in [0.15, 0.2) is 0 Å². The smallest absolute Gasteiger partial charge is 0.240 e. The van der Waals surface area contributed by atoms with Crippen LogP contribution in [0.25, 0.3) is 0 Å². The fraction of sp³-hybridized carbons (Fsp3) is 0.917. The van der Waals surface area contributed by atoms with Gasteiger partial charge in [0.05, 0.1) is 0 Å². The van der Waals surface area contributed by atoms with Crippen molar-refractivity contribution in [1.82, 2.24) is 15.1 Å². The average molecular weight is 225 g/mol. The van der Waals surface area contributed by atoms with E-state index in [4.69, 9.17) is 0 Å². The summed E-state index contributed by atoms with van der Waals surface area (Å²) >= 11 is 0. The molecule has 2 aliphatic rings. The Hall–Kier alpha value is -0.610. The summed E-state index contributed by atoms with van der Waals surface area (Å²) in [6.45, 7) is 2.86. The Labute approximate surface area is 98.0 Å². The zero-order valence-corrected chi connectivity index (χ0v) is 10.4. The largest absolute Gasteiger partial charge is 0.347 e. The molecule has 92 valence electrons. The van der Waals surface area contributed by atoms with Gasteiger partial charge in [0.1, 0.15) is 6.04 Å². The normalized spacial score (nSPS) is 28.2. The number of rotatable bonds is 2. The molecule has 0 aromatic heterocycles. The number of piperazine rings is 1. The summed E-state index contributed by atoms with van der Waals surface area (Å²) in [6, 6.07) is 0.711. The van der Waals surface area contributed by atoms with Gasteiger partial charge >= 0.3 is 0 Å². The highest BCUT2D eigenvalue weighted by atomic mass is 16.2. The number of hydrogen-bond acceptors (Lipinski definition) is 3. The first-order valence-corrected chi connectivity index (χ1v) is 6.38. The maximum absolute atomic E-state index is 12.1. The Balaban J connectivity index is 2.04. The molecule has 1 aliphatic carbocycles. The zero-order chi connectivity index (χ0) is 11.5. The van der Waals surface area contributed by atoms with E-state index in [-0.39, 0.29) is 11.9 Å². The fourth-order valence-electron chi connectivity index (χ4n) is 2.92. The van der Waals surface area contributed by atoms with E-state index in [2.05, 4.69) is 10.2 Å². The molecular weight excluding hydrogens is 202 g/mol. The number of likely N-dealkylation sites (N-methyl/N-ethyl adjacent to an activating group) is 1. The molecule has 1 atom stereocenters. The van der Waals surface area contributed by atoms with Gasteiger partial charge in [0.25, 0.3) is 0 Å². The average Bonchev–Trinajstić information content (AvgIpc) is 2.81. The Morgan fingerprint density at radius 2 is 2.00 bits per heavy atom. The molecule has 1 unspecified atom stereocenters. The lowest BCUT2D eigenvalue weighted by molar-refractivity contribution is -0.136. The van der Waals surface area contributed by atoms with Crippen molar-refractivity contribution in [3.05, 3.63) is 0 Å². The summed E-state index contributed by atoms with van der Waals surface area (Å²) in [7, 11) is 3.70. The lowest BCUT2D eigenvalue weighted by Crippen LogP contribution is -2.60. The number of nitrogens with zero attached hydrogens (tertiary/aromatic N) is 2. The van der Waals surface area contributed by atoms with Crippen LogP contribution in [-0.2, 0) is 4.79 Å². The zero-order valence-electron chi connectivity index (χ0n) is 10.4. The molecule has 0 aromatic rings. The van der Waals surface area contributed by atoms with Crippen LogP contribution in [0, 0.1) is 0 Å². The minimum atomic E-state index is 0.0619. The minimum Gasteiger partial charge on any atom is -0.347 e. The van der Waals surface area contributed by atoms with Crippen molar-refractivity contribution in [2.24, 2.45) is 0 Å². The second kappa shape index (κ2) is 5.15. The predicted molar refractivity (Wildman–Crippen MR) is 64.3 cm³/mol. The van der Waals surface area contributed by atoms with Gasteiger partial charge in [-0.05, 0) is 12.8 Å². The number of hydrogen-bond donors (Lipinski definition) is 1. The van der Waals surface area contributed by atoms with Crippen molar-refractivity contribution in [3.63, 3.8) is 0 Å². The van der Waals surface area contributed by atoms with Gasteiger partial charge in [0.2, 0.25) is 5.91 Å². The molecule has 4 heteroatoms. The first kappa shape index (κ1) is 11.9. The Morgan fingerprint density at radius 1 is 1.31 bits per heavy atom. The van der Waals surface area contributed by atoms with E-state index in [1.54, 1.807) is 4.90 Å². The first-order valence-electron chi connectivity index (χ1n) is 6.38. The summed E-state index contributed by atoms with van der Waals surface area (Å²) in [5, 5.41) is 3.33.